The summed E-state index contributed by atoms with van der Waals surface area (Å²) in [7, 11) is 0. The summed E-state index contributed by atoms with van der Waals surface area (Å²) in [5, 5.41) is 2.75. The van der Waals surface area contributed by atoms with Crippen LogP contribution in [0.4, 0.5) is 11.4 Å². The van der Waals surface area contributed by atoms with E-state index in [1.54, 1.807) is 30.6 Å². The highest BCUT2D eigenvalue weighted by Gasteiger charge is 2.13. The lowest BCUT2D eigenvalue weighted by Crippen LogP contribution is -2.12. The molecule has 0 unspecified atom stereocenters. The molecule has 6 nitrogen and oxygen atoms in total. The lowest BCUT2D eigenvalue weighted by molar-refractivity contribution is 0.0995. The van der Waals surface area contributed by atoms with Crippen LogP contribution in [0.15, 0.2) is 71.4 Å². The van der Waals surface area contributed by atoms with E-state index < -0.39 is 0 Å². The molecule has 2 heterocycles. The van der Waals surface area contributed by atoms with Crippen molar-refractivity contribution in [3.63, 3.8) is 0 Å². The second kappa shape index (κ2) is 6.16. The molecule has 0 spiro atoms. The molecule has 3 N–H and O–H groups in total. The standard InChI is InChI=1S/C19H16N4O2/c20-14-5-1-2-6-15(14)22-19(24)18-10-9-13(25-18)11-23-12-21-16-7-3-4-8-17(16)23/h1-10,12H,11,20H2,(H,22,24). The van der Waals surface area contributed by atoms with Crippen LogP contribution in [0.2, 0.25) is 0 Å². The van der Waals surface area contributed by atoms with Gasteiger partial charge < -0.3 is 20.0 Å². The summed E-state index contributed by atoms with van der Waals surface area (Å²) < 4.78 is 7.66. The summed E-state index contributed by atoms with van der Waals surface area (Å²) in [6.45, 7) is 0.501. The van der Waals surface area contributed by atoms with E-state index in [4.69, 9.17) is 10.2 Å². The minimum atomic E-state index is -0.334. The van der Waals surface area contributed by atoms with E-state index >= 15 is 0 Å². The lowest BCUT2D eigenvalue weighted by Gasteiger charge is -2.06. The van der Waals surface area contributed by atoms with Crippen LogP contribution in [0.5, 0.6) is 0 Å². The van der Waals surface area contributed by atoms with Crippen LogP contribution in [0.25, 0.3) is 11.0 Å². The molecule has 0 bridgehead atoms. The van der Waals surface area contributed by atoms with Gasteiger partial charge in [0.05, 0.1) is 35.3 Å². The molecular weight excluding hydrogens is 316 g/mol. The molecule has 6 heteroatoms. The van der Waals surface area contributed by atoms with Gasteiger partial charge in [0.2, 0.25) is 0 Å². The molecule has 0 aliphatic heterocycles. The van der Waals surface area contributed by atoms with E-state index in [9.17, 15) is 4.79 Å². The van der Waals surface area contributed by atoms with Crippen LogP contribution in [-0.4, -0.2) is 15.5 Å². The summed E-state index contributed by atoms with van der Waals surface area (Å²) in [6, 6.07) is 18.4. The van der Waals surface area contributed by atoms with Crippen LogP contribution in [0.3, 0.4) is 0 Å². The molecule has 124 valence electrons. The zero-order valence-electron chi connectivity index (χ0n) is 13.3. The van der Waals surface area contributed by atoms with Crippen molar-refractivity contribution in [2.45, 2.75) is 6.54 Å². The van der Waals surface area contributed by atoms with Crippen molar-refractivity contribution in [1.82, 2.24) is 9.55 Å². The Balaban J connectivity index is 1.52. The van der Waals surface area contributed by atoms with Gasteiger partial charge in [0.15, 0.2) is 5.76 Å². The van der Waals surface area contributed by atoms with Gasteiger partial charge >= 0.3 is 0 Å². The summed E-state index contributed by atoms with van der Waals surface area (Å²) in [6.07, 6.45) is 1.76. The number of hydrogen-bond acceptors (Lipinski definition) is 4. The van der Waals surface area contributed by atoms with Gasteiger partial charge in [-0.15, -0.1) is 0 Å². The van der Waals surface area contributed by atoms with Gasteiger partial charge in [0.25, 0.3) is 5.91 Å². The third kappa shape index (κ3) is 2.97. The summed E-state index contributed by atoms with van der Waals surface area (Å²) in [5.74, 6) is 0.580. The molecule has 1 amide bonds. The van der Waals surface area contributed by atoms with Gasteiger partial charge in [-0.1, -0.05) is 24.3 Å². The quantitative estimate of drug-likeness (QED) is 0.560. The van der Waals surface area contributed by atoms with Crippen molar-refractivity contribution in [2.75, 3.05) is 11.1 Å². The van der Waals surface area contributed by atoms with Gasteiger partial charge in [-0.2, -0.15) is 0 Å². The summed E-state index contributed by atoms with van der Waals surface area (Å²) >= 11 is 0. The smallest absolute Gasteiger partial charge is 0.291 e. The number of amides is 1. The minimum absolute atomic E-state index is 0.239. The molecular formula is C19H16N4O2. The largest absolute Gasteiger partial charge is 0.454 e. The first-order valence-corrected chi connectivity index (χ1v) is 7.85. The SMILES string of the molecule is Nc1ccccc1NC(=O)c1ccc(Cn2cnc3ccccc32)o1. The summed E-state index contributed by atoms with van der Waals surface area (Å²) in [5.41, 5.74) is 8.85. The fraction of sp³-hybridized carbons (Fsp3) is 0.0526. The number of rotatable bonds is 4. The monoisotopic (exact) mass is 332 g/mol. The highest BCUT2D eigenvalue weighted by molar-refractivity contribution is 6.03. The van der Waals surface area contributed by atoms with Crippen molar-refractivity contribution in [3.8, 4) is 0 Å². The number of anilines is 2. The van der Waals surface area contributed by atoms with Crippen molar-refractivity contribution in [2.24, 2.45) is 0 Å². The fourth-order valence-corrected chi connectivity index (χ4v) is 2.68. The maximum Gasteiger partial charge on any atom is 0.291 e. The van der Waals surface area contributed by atoms with E-state index in [1.807, 2.05) is 41.0 Å². The second-order valence-corrected chi connectivity index (χ2v) is 5.67. The third-order valence-corrected chi connectivity index (χ3v) is 3.95. The number of hydrogen-bond donors (Lipinski definition) is 2. The minimum Gasteiger partial charge on any atom is -0.454 e. The summed E-state index contributed by atoms with van der Waals surface area (Å²) in [4.78, 5) is 16.7. The number of nitrogen functional groups attached to an aromatic ring is 1. The Hall–Kier alpha value is -3.54. The first kappa shape index (κ1) is 15.0. The van der Waals surface area contributed by atoms with E-state index in [0.29, 0.717) is 23.7 Å². The number of imidazole rings is 1. The molecule has 25 heavy (non-hydrogen) atoms. The zero-order valence-corrected chi connectivity index (χ0v) is 13.3. The highest BCUT2D eigenvalue weighted by atomic mass is 16.4. The van der Waals surface area contributed by atoms with E-state index in [-0.39, 0.29) is 11.7 Å². The Labute approximate surface area is 143 Å². The lowest BCUT2D eigenvalue weighted by atomic mass is 10.2. The Morgan fingerprint density at radius 3 is 2.76 bits per heavy atom. The number of benzene rings is 2. The molecule has 4 aromatic rings. The second-order valence-electron chi connectivity index (χ2n) is 5.67. The van der Waals surface area contributed by atoms with Gasteiger partial charge in [-0.05, 0) is 36.4 Å². The van der Waals surface area contributed by atoms with Gasteiger partial charge in [0, 0.05) is 0 Å². The van der Waals surface area contributed by atoms with Crippen LogP contribution >= 0.6 is 0 Å². The van der Waals surface area contributed by atoms with Crippen molar-refractivity contribution in [1.29, 1.82) is 0 Å². The number of nitrogens with two attached hydrogens (primary N) is 1. The Morgan fingerprint density at radius 2 is 1.88 bits per heavy atom. The molecule has 0 radical (unpaired) electrons. The van der Waals surface area contributed by atoms with Crippen LogP contribution in [0, 0.1) is 0 Å². The third-order valence-electron chi connectivity index (χ3n) is 3.95. The number of fused-ring (bicyclic) bond motifs is 1. The number of para-hydroxylation sites is 4. The van der Waals surface area contributed by atoms with Gasteiger partial charge in [-0.25, -0.2) is 4.98 Å². The first-order chi connectivity index (χ1) is 12.2. The predicted molar refractivity (Wildman–Crippen MR) is 96.4 cm³/mol. The number of nitrogens with one attached hydrogen (secondary N) is 1. The number of furan rings is 1. The highest BCUT2D eigenvalue weighted by Crippen LogP contribution is 2.19. The average molecular weight is 332 g/mol. The van der Waals surface area contributed by atoms with E-state index in [2.05, 4.69) is 10.3 Å². The molecule has 0 saturated carbocycles. The van der Waals surface area contributed by atoms with Crippen LogP contribution in [-0.2, 0) is 6.54 Å². The van der Waals surface area contributed by atoms with E-state index in [0.717, 1.165) is 11.0 Å². The zero-order chi connectivity index (χ0) is 17.2. The normalized spacial score (nSPS) is 10.9. The first-order valence-electron chi connectivity index (χ1n) is 7.85. The molecule has 4 rings (SSSR count). The fourth-order valence-electron chi connectivity index (χ4n) is 2.68. The molecule has 0 aliphatic rings. The van der Waals surface area contributed by atoms with Gasteiger partial charge in [0.1, 0.15) is 5.76 Å². The maximum atomic E-state index is 12.3. The van der Waals surface area contributed by atoms with E-state index in [1.165, 1.54) is 0 Å². The number of aromatic nitrogens is 2. The number of carbonyl (C=O) groups excluding carboxylic acids is 1. The van der Waals surface area contributed by atoms with Crippen molar-refractivity contribution in [3.05, 3.63) is 78.5 Å². The number of carbonyl (C=O) groups is 1. The Kier molecular flexibility index (Phi) is 3.70. The molecule has 2 aromatic heterocycles. The average Bonchev–Trinajstić information content (AvgIpc) is 3.25. The molecule has 0 atom stereocenters. The topological polar surface area (TPSA) is 86.1 Å². The predicted octanol–water partition coefficient (Wildman–Crippen LogP) is 3.51. The molecule has 0 aliphatic carbocycles. The molecule has 2 aromatic carbocycles. The van der Waals surface area contributed by atoms with Crippen LogP contribution < -0.4 is 11.1 Å². The maximum absolute atomic E-state index is 12.3. The Morgan fingerprint density at radius 1 is 1.08 bits per heavy atom. The molecule has 0 fully saturated rings. The van der Waals surface area contributed by atoms with Crippen LogP contribution in [0.1, 0.15) is 16.3 Å². The number of nitrogens with zero attached hydrogens (tertiary/aromatic N) is 2. The van der Waals surface area contributed by atoms with Crippen molar-refractivity contribution < 1.29 is 9.21 Å². The molecule has 0 saturated heterocycles. The van der Waals surface area contributed by atoms with Crippen molar-refractivity contribution >= 4 is 28.3 Å². The Bertz CT molecular complexity index is 1050. The van der Waals surface area contributed by atoms with Gasteiger partial charge in [-0.3, -0.25) is 4.79 Å².